The molecular weight excluding hydrogens is 190 g/mol. The molecule has 0 bridgehead atoms. The Morgan fingerprint density at radius 3 is 2.73 bits per heavy atom. The standard InChI is InChI=1S/C11H23N3O/c1-2-6-14(7-5-12)9-11(15)13-8-10-3-4-10/h10H,2-9,12H2,1H3,(H,13,15). The van der Waals surface area contributed by atoms with Crippen LogP contribution in [-0.2, 0) is 4.79 Å². The number of amides is 1. The molecule has 1 saturated carbocycles. The highest BCUT2D eigenvalue weighted by Gasteiger charge is 2.21. The summed E-state index contributed by atoms with van der Waals surface area (Å²) in [6.45, 7) is 5.86. The summed E-state index contributed by atoms with van der Waals surface area (Å²) >= 11 is 0. The van der Waals surface area contributed by atoms with Gasteiger partial charge in [0.1, 0.15) is 0 Å². The largest absolute Gasteiger partial charge is 0.355 e. The average Bonchev–Trinajstić information content (AvgIpc) is 2.99. The Hall–Kier alpha value is -0.610. The second kappa shape index (κ2) is 6.80. The molecule has 1 amide bonds. The van der Waals surface area contributed by atoms with Gasteiger partial charge in [0.05, 0.1) is 6.54 Å². The van der Waals surface area contributed by atoms with Crippen LogP contribution in [0.15, 0.2) is 0 Å². The number of carbonyl (C=O) groups is 1. The first kappa shape index (κ1) is 12.5. The van der Waals surface area contributed by atoms with Crippen molar-refractivity contribution in [3.05, 3.63) is 0 Å². The van der Waals surface area contributed by atoms with Crippen LogP contribution in [0, 0.1) is 5.92 Å². The van der Waals surface area contributed by atoms with E-state index in [1.165, 1.54) is 12.8 Å². The molecule has 0 spiro atoms. The summed E-state index contributed by atoms with van der Waals surface area (Å²) in [4.78, 5) is 13.7. The molecule has 4 nitrogen and oxygen atoms in total. The Kier molecular flexibility index (Phi) is 5.65. The Labute approximate surface area is 92.2 Å². The predicted molar refractivity (Wildman–Crippen MR) is 61.5 cm³/mol. The van der Waals surface area contributed by atoms with Crippen molar-refractivity contribution in [2.24, 2.45) is 11.7 Å². The average molecular weight is 213 g/mol. The molecule has 0 saturated heterocycles. The van der Waals surface area contributed by atoms with Crippen molar-refractivity contribution in [2.75, 3.05) is 32.7 Å². The number of rotatable bonds is 8. The number of nitrogens with one attached hydrogen (secondary N) is 1. The molecule has 0 heterocycles. The van der Waals surface area contributed by atoms with Crippen LogP contribution in [0.3, 0.4) is 0 Å². The van der Waals surface area contributed by atoms with Crippen molar-refractivity contribution in [1.82, 2.24) is 10.2 Å². The number of hydrogen-bond acceptors (Lipinski definition) is 3. The van der Waals surface area contributed by atoms with E-state index in [0.717, 1.165) is 32.0 Å². The Morgan fingerprint density at radius 1 is 1.47 bits per heavy atom. The van der Waals surface area contributed by atoms with Gasteiger partial charge in [-0.2, -0.15) is 0 Å². The molecule has 15 heavy (non-hydrogen) atoms. The molecule has 1 rings (SSSR count). The first-order valence-electron chi connectivity index (χ1n) is 5.95. The van der Waals surface area contributed by atoms with E-state index in [1.54, 1.807) is 0 Å². The maximum absolute atomic E-state index is 11.5. The Balaban J connectivity index is 2.12. The number of hydrogen-bond donors (Lipinski definition) is 2. The maximum Gasteiger partial charge on any atom is 0.234 e. The summed E-state index contributed by atoms with van der Waals surface area (Å²) in [5.41, 5.74) is 5.49. The first-order chi connectivity index (χ1) is 7.26. The molecule has 0 unspecified atom stereocenters. The third-order valence-electron chi connectivity index (χ3n) is 2.64. The molecule has 0 aromatic rings. The Bertz CT molecular complexity index is 186. The first-order valence-corrected chi connectivity index (χ1v) is 5.95. The SMILES string of the molecule is CCCN(CCN)CC(=O)NCC1CC1. The van der Waals surface area contributed by atoms with Crippen LogP contribution in [0.4, 0.5) is 0 Å². The van der Waals surface area contributed by atoms with Gasteiger partial charge in [-0.3, -0.25) is 9.69 Å². The molecule has 88 valence electrons. The van der Waals surface area contributed by atoms with E-state index in [1.807, 2.05) is 0 Å². The van der Waals surface area contributed by atoms with E-state index in [2.05, 4.69) is 17.1 Å². The van der Waals surface area contributed by atoms with Crippen LogP contribution >= 0.6 is 0 Å². The fourth-order valence-corrected chi connectivity index (χ4v) is 1.61. The van der Waals surface area contributed by atoms with E-state index in [4.69, 9.17) is 5.73 Å². The van der Waals surface area contributed by atoms with Crippen LogP contribution in [0.25, 0.3) is 0 Å². The van der Waals surface area contributed by atoms with E-state index in [-0.39, 0.29) is 5.91 Å². The zero-order valence-corrected chi connectivity index (χ0v) is 9.67. The second-order valence-electron chi connectivity index (χ2n) is 4.31. The van der Waals surface area contributed by atoms with E-state index >= 15 is 0 Å². The number of nitrogens with zero attached hydrogens (tertiary/aromatic N) is 1. The van der Waals surface area contributed by atoms with Crippen LogP contribution in [-0.4, -0.2) is 43.5 Å². The zero-order chi connectivity index (χ0) is 11.1. The van der Waals surface area contributed by atoms with Gasteiger partial charge in [0.2, 0.25) is 5.91 Å². The van der Waals surface area contributed by atoms with Crippen molar-refractivity contribution in [1.29, 1.82) is 0 Å². The summed E-state index contributed by atoms with van der Waals surface area (Å²) in [5.74, 6) is 0.895. The van der Waals surface area contributed by atoms with Gasteiger partial charge in [-0.25, -0.2) is 0 Å². The molecule has 4 heteroatoms. The van der Waals surface area contributed by atoms with Crippen molar-refractivity contribution < 1.29 is 4.79 Å². The summed E-state index contributed by atoms with van der Waals surface area (Å²) < 4.78 is 0. The predicted octanol–water partition coefficient (Wildman–Crippen LogP) is 0.183. The monoisotopic (exact) mass is 213 g/mol. The fourth-order valence-electron chi connectivity index (χ4n) is 1.61. The van der Waals surface area contributed by atoms with Gasteiger partial charge in [0, 0.05) is 19.6 Å². The number of carbonyl (C=O) groups excluding carboxylic acids is 1. The minimum absolute atomic E-state index is 0.142. The molecule has 0 aromatic carbocycles. The Morgan fingerprint density at radius 2 is 2.20 bits per heavy atom. The summed E-state index contributed by atoms with van der Waals surface area (Å²) in [6.07, 6.45) is 3.62. The van der Waals surface area contributed by atoms with Gasteiger partial charge in [0.15, 0.2) is 0 Å². The molecule has 1 aliphatic rings. The van der Waals surface area contributed by atoms with Crippen molar-refractivity contribution in [3.63, 3.8) is 0 Å². The van der Waals surface area contributed by atoms with Gasteiger partial charge in [-0.1, -0.05) is 6.92 Å². The molecule has 0 atom stereocenters. The lowest BCUT2D eigenvalue weighted by Crippen LogP contribution is -2.40. The maximum atomic E-state index is 11.5. The minimum Gasteiger partial charge on any atom is -0.355 e. The second-order valence-corrected chi connectivity index (χ2v) is 4.31. The van der Waals surface area contributed by atoms with Gasteiger partial charge >= 0.3 is 0 Å². The lowest BCUT2D eigenvalue weighted by molar-refractivity contribution is -0.122. The minimum atomic E-state index is 0.142. The molecule has 1 fully saturated rings. The summed E-state index contributed by atoms with van der Waals surface area (Å²) in [5, 5.41) is 2.97. The van der Waals surface area contributed by atoms with E-state index in [0.29, 0.717) is 13.1 Å². The number of nitrogens with two attached hydrogens (primary N) is 1. The fraction of sp³-hybridized carbons (Fsp3) is 0.909. The van der Waals surface area contributed by atoms with Gasteiger partial charge < -0.3 is 11.1 Å². The molecule has 0 radical (unpaired) electrons. The lowest BCUT2D eigenvalue weighted by atomic mass is 10.3. The molecule has 1 aliphatic carbocycles. The third kappa shape index (κ3) is 5.74. The normalized spacial score (nSPS) is 15.7. The van der Waals surface area contributed by atoms with Crippen molar-refractivity contribution >= 4 is 5.91 Å². The van der Waals surface area contributed by atoms with Gasteiger partial charge in [-0.15, -0.1) is 0 Å². The van der Waals surface area contributed by atoms with Crippen molar-refractivity contribution in [3.8, 4) is 0 Å². The topological polar surface area (TPSA) is 58.4 Å². The molecule has 3 N–H and O–H groups in total. The van der Waals surface area contributed by atoms with Crippen LogP contribution in [0.2, 0.25) is 0 Å². The van der Waals surface area contributed by atoms with Gasteiger partial charge in [-0.05, 0) is 31.7 Å². The van der Waals surface area contributed by atoms with Crippen molar-refractivity contribution in [2.45, 2.75) is 26.2 Å². The molecular formula is C11H23N3O. The quantitative estimate of drug-likeness (QED) is 0.605. The summed E-state index contributed by atoms with van der Waals surface area (Å²) in [6, 6.07) is 0. The highest BCUT2D eigenvalue weighted by molar-refractivity contribution is 5.78. The van der Waals surface area contributed by atoms with E-state index < -0.39 is 0 Å². The lowest BCUT2D eigenvalue weighted by Gasteiger charge is -2.19. The van der Waals surface area contributed by atoms with Crippen LogP contribution in [0.1, 0.15) is 26.2 Å². The highest BCUT2D eigenvalue weighted by Crippen LogP contribution is 2.27. The zero-order valence-electron chi connectivity index (χ0n) is 9.67. The highest BCUT2D eigenvalue weighted by atomic mass is 16.2. The van der Waals surface area contributed by atoms with Crippen LogP contribution < -0.4 is 11.1 Å². The van der Waals surface area contributed by atoms with Gasteiger partial charge in [0.25, 0.3) is 0 Å². The van der Waals surface area contributed by atoms with Crippen LogP contribution in [0.5, 0.6) is 0 Å². The molecule has 0 aliphatic heterocycles. The third-order valence-corrected chi connectivity index (χ3v) is 2.64. The van der Waals surface area contributed by atoms with E-state index in [9.17, 15) is 4.79 Å². The summed E-state index contributed by atoms with van der Waals surface area (Å²) in [7, 11) is 0. The smallest absolute Gasteiger partial charge is 0.234 e. The molecule has 0 aromatic heterocycles.